The number of nitrogens with zero attached hydrogens (tertiary/aromatic N) is 1. The van der Waals surface area contributed by atoms with Crippen molar-refractivity contribution in [2.75, 3.05) is 20.3 Å². The summed E-state index contributed by atoms with van der Waals surface area (Å²) in [4.78, 5) is 27.5. The number of carbonyl (C=O) groups excluding carboxylic acids is 2. The number of esters is 1. The molecule has 2 rings (SSSR count). The highest BCUT2D eigenvalue weighted by atomic mass is 16.7. The largest absolute Gasteiger partial charge is 0.493 e. The maximum absolute atomic E-state index is 11.5. The first-order chi connectivity index (χ1) is 11.0. The molecule has 1 aliphatic rings. The maximum Gasteiger partial charge on any atom is 0.367 e. The van der Waals surface area contributed by atoms with Gasteiger partial charge < -0.3 is 19.0 Å². The molecule has 0 fully saturated rings. The minimum absolute atomic E-state index is 0.206. The second-order valence-corrected chi connectivity index (χ2v) is 4.62. The van der Waals surface area contributed by atoms with E-state index in [4.69, 9.17) is 14.2 Å². The molecular weight excluding hydrogens is 302 g/mol. The van der Waals surface area contributed by atoms with Crippen molar-refractivity contribution in [2.24, 2.45) is 5.16 Å². The number of benzene rings is 1. The van der Waals surface area contributed by atoms with Crippen molar-refractivity contribution in [1.82, 2.24) is 0 Å². The average molecular weight is 319 g/mol. The summed E-state index contributed by atoms with van der Waals surface area (Å²) in [5.41, 5.74) is 1.61. The Hall–Kier alpha value is -2.83. The molecule has 7 heteroatoms. The highest BCUT2D eigenvalue weighted by molar-refractivity contribution is 6.24. The molecule has 1 aromatic carbocycles. The lowest BCUT2D eigenvalue weighted by Gasteiger charge is -2.11. The smallest absolute Gasteiger partial charge is 0.367 e. The fourth-order valence-corrected chi connectivity index (χ4v) is 1.92. The summed E-state index contributed by atoms with van der Waals surface area (Å²) < 4.78 is 15.4. The Balaban J connectivity index is 2.16. The summed E-state index contributed by atoms with van der Waals surface area (Å²) in [6.07, 6.45) is 1.64. The van der Waals surface area contributed by atoms with Gasteiger partial charge in [0.15, 0.2) is 18.1 Å². The Kier molecular flexibility index (Phi) is 5.35. The molecule has 0 atom stereocenters. The van der Waals surface area contributed by atoms with Crippen molar-refractivity contribution in [3.8, 4) is 11.5 Å². The quantitative estimate of drug-likeness (QED) is 0.453. The lowest BCUT2D eigenvalue weighted by Crippen LogP contribution is -2.14. The molecule has 1 heterocycles. The Bertz CT molecular complexity index is 677. The first-order valence-corrected chi connectivity index (χ1v) is 6.99. The summed E-state index contributed by atoms with van der Waals surface area (Å²) in [6, 6.07) is 5.07. The third-order valence-corrected chi connectivity index (χ3v) is 3.02. The van der Waals surface area contributed by atoms with Gasteiger partial charge in [-0.05, 0) is 37.6 Å². The zero-order valence-corrected chi connectivity index (χ0v) is 13.1. The molecule has 1 aliphatic heterocycles. The van der Waals surface area contributed by atoms with E-state index in [-0.39, 0.29) is 6.61 Å². The number of hydrogen-bond donors (Lipinski definition) is 0. The molecule has 0 aliphatic carbocycles. The van der Waals surface area contributed by atoms with Crippen molar-refractivity contribution in [3.63, 3.8) is 0 Å². The van der Waals surface area contributed by atoms with E-state index < -0.39 is 11.9 Å². The Morgan fingerprint density at radius 3 is 2.74 bits per heavy atom. The molecule has 0 N–H and O–H groups in total. The Morgan fingerprint density at radius 2 is 2.13 bits per heavy atom. The van der Waals surface area contributed by atoms with Crippen LogP contribution in [-0.2, 0) is 19.2 Å². The van der Waals surface area contributed by atoms with Crippen LogP contribution in [0.1, 0.15) is 19.4 Å². The van der Waals surface area contributed by atoms with Crippen LogP contribution < -0.4 is 9.47 Å². The zero-order chi connectivity index (χ0) is 16.8. The second kappa shape index (κ2) is 7.44. The molecule has 122 valence electrons. The standard InChI is InChI=1S/C16H17NO6/c1-4-21-15(18)9-22-13-6-5-11(8-14(13)20-3)7-12-10(2)17-23-16(12)19/h5-8H,4,9H2,1-3H3/b12-7-. The molecule has 23 heavy (non-hydrogen) atoms. The van der Waals surface area contributed by atoms with Gasteiger partial charge in [0.05, 0.1) is 25.0 Å². The van der Waals surface area contributed by atoms with Gasteiger partial charge in [-0.15, -0.1) is 0 Å². The Labute approximate surface area is 133 Å². The minimum atomic E-state index is -0.496. The predicted molar refractivity (Wildman–Crippen MR) is 82.3 cm³/mol. The summed E-state index contributed by atoms with van der Waals surface area (Å²) in [7, 11) is 1.49. The van der Waals surface area contributed by atoms with Gasteiger partial charge in [-0.2, -0.15) is 0 Å². The molecule has 0 amide bonds. The van der Waals surface area contributed by atoms with Gasteiger partial charge >= 0.3 is 11.9 Å². The van der Waals surface area contributed by atoms with E-state index in [1.165, 1.54) is 7.11 Å². The molecule has 0 saturated carbocycles. The summed E-state index contributed by atoms with van der Waals surface area (Å²) >= 11 is 0. The third kappa shape index (κ3) is 4.09. The van der Waals surface area contributed by atoms with Gasteiger partial charge in [0.2, 0.25) is 0 Å². The van der Waals surface area contributed by atoms with Crippen LogP contribution in [0.15, 0.2) is 28.9 Å². The van der Waals surface area contributed by atoms with E-state index in [0.717, 1.165) is 0 Å². The normalized spacial score (nSPS) is 15.2. The van der Waals surface area contributed by atoms with E-state index in [2.05, 4.69) is 9.99 Å². The number of methoxy groups -OCH3 is 1. The van der Waals surface area contributed by atoms with Crippen LogP contribution in [0.4, 0.5) is 0 Å². The monoisotopic (exact) mass is 319 g/mol. The van der Waals surface area contributed by atoms with Crippen LogP contribution in [-0.4, -0.2) is 38.0 Å². The third-order valence-electron chi connectivity index (χ3n) is 3.02. The van der Waals surface area contributed by atoms with Gasteiger partial charge in [0.1, 0.15) is 0 Å². The van der Waals surface area contributed by atoms with Crippen molar-refractivity contribution < 1.29 is 28.6 Å². The lowest BCUT2D eigenvalue weighted by atomic mass is 10.1. The number of ether oxygens (including phenoxy) is 3. The molecule has 0 aromatic heterocycles. The van der Waals surface area contributed by atoms with Gasteiger partial charge in [0, 0.05) is 0 Å². The molecule has 0 unspecified atom stereocenters. The van der Waals surface area contributed by atoms with Gasteiger partial charge in [-0.3, -0.25) is 0 Å². The fourth-order valence-electron chi connectivity index (χ4n) is 1.92. The van der Waals surface area contributed by atoms with Crippen LogP contribution >= 0.6 is 0 Å². The highest BCUT2D eigenvalue weighted by Crippen LogP contribution is 2.29. The first-order valence-electron chi connectivity index (χ1n) is 6.99. The van der Waals surface area contributed by atoms with E-state index in [9.17, 15) is 9.59 Å². The maximum atomic E-state index is 11.5. The molecule has 7 nitrogen and oxygen atoms in total. The first kappa shape index (κ1) is 16.5. The predicted octanol–water partition coefficient (Wildman–Crippen LogP) is 1.95. The summed E-state index contributed by atoms with van der Waals surface area (Å²) in [5, 5.41) is 3.61. The number of carbonyl (C=O) groups is 2. The highest BCUT2D eigenvalue weighted by Gasteiger charge is 2.22. The van der Waals surface area contributed by atoms with Crippen LogP contribution in [0.3, 0.4) is 0 Å². The molecule has 0 bridgehead atoms. The topological polar surface area (TPSA) is 83.4 Å². The van der Waals surface area contributed by atoms with E-state index in [0.29, 0.717) is 35.0 Å². The van der Waals surface area contributed by atoms with Crippen molar-refractivity contribution >= 4 is 23.7 Å². The van der Waals surface area contributed by atoms with Crippen molar-refractivity contribution in [1.29, 1.82) is 0 Å². The van der Waals surface area contributed by atoms with E-state index in [1.54, 1.807) is 38.1 Å². The molecular formula is C16H17NO6. The number of rotatable bonds is 6. The summed E-state index contributed by atoms with van der Waals surface area (Å²) in [6.45, 7) is 3.50. The molecule has 0 saturated heterocycles. The SMILES string of the molecule is CCOC(=O)COc1ccc(/C=C2\C(=O)ON=C2C)cc1OC. The molecule has 1 aromatic rings. The minimum Gasteiger partial charge on any atom is -0.493 e. The van der Waals surface area contributed by atoms with Gasteiger partial charge in [-0.25, -0.2) is 9.59 Å². The van der Waals surface area contributed by atoms with Crippen LogP contribution in [0.2, 0.25) is 0 Å². The zero-order valence-electron chi connectivity index (χ0n) is 13.1. The van der Waals surface area contributed by atoms with Gasteiger partial charge in [-0.1, -0.05) is 11.2 Å². The van der Waals surface area contributed by atoms with Crippen LogP contribution in [0.5, 0.6) is 11.5 Å². The van der Waals surface area contributed by atoms with E-state index >= 15 is 0 Å². The second-order valence-electron chi connectivity index (χ2n) is 4.62. The fraction of sp³-hybridized carbons (Fsp3) is 0.312. The number of hydrogen-bond acceptors (Lipinski definition) is 7. The Morgan fingerprint density at radius 1 is 1.35 bits per heavy atom. The van der Waals surface area contributed by atoms with E-state index in [1.807, 2.05) is 0 Å². The lowest BCUT2D eigenvalue weighted by molar-refractivity contribution is -0.145. The summed E-state index contributed by atoms with van der Waals surface area (Å²) in [5.74, 6) is -0.114. The van der Waals surface area contributed by atoms with Crippen LogP contribution in [0, 0.1) is 0 Å². The average Bonchev–Trinajstić information content (AvgIpc) is 2.85. The van der Waals surface area contributed by atoms with Gasteiger partial charge in [0.25, 0.3) is 0 Å². The molecule has 0 spiro atoms. The van der Waals surface area contributed by atoms with Crippen molar-refractivity contribution in [3.05, 3.63) is 29.3 Å². The molecule has 0 radical (unpaired) electrons. The van der Waals surface area contributed by atoms with Crippen molar-refractivity contribution in [2.45, 2.75) is 13.8 Å². The number of oxime groups is 1. The van der Waals surface area contributed by atoms with Crippen LogP contribution in [0.25, 0.3) is 6.08 Å².